The Morgan fingerprint density at radius 3 is 2.69 bits per heavy atom. The molecule has 0 aromatic carbocycles. The van der Waals surface area contributed by atoms with Crippen molar-refractivity contribution in [3.8, 4) is 0 Å². The molecule has 1 rings (SSSR count). The van der Waals surface area contributed by atoms with Crippen LogP contribution in [0.4, 0.5) is 0 Å². The summed E-state index contributed by atoms with van der Waals surface area (Å²) in [4.78, 5) is 2.37. The largest absolute Gasteiger partial charge is 0.379 e. The second-order valence-corrected chi connectivity index (χ2v) is 4.52. The van der Waals surface area contributed by atoms with Crippen molar-refractivity contribution >= 4 is 12.6 Å². The van der Waals surface area contributed by atoms with Crippen molar-refractivity contribution in [3.05, 3.63) is 0 Å². The van der Waals surface area contributed by atoms with Crippen molar-refractivity contribution in [3.63, 3.8) is 0 Å². The van der Waals surface area contributed by atoms with Crippen LogP contribution in [0, 0.1) is 11.8 Å². The second kappa shape index (κ2) is 5.89. The summed E-state index contributed by atoms with van der Waals surface area (Å²) in [5.41, 5.74) is 0. The van der Waals surface area contributed by atoms with Gasteiger partial charge in [-0.1, -0.05) is 6.92 Å². The van der Waals surface area contributed by atoms with E-state index in [1.165, 1.54) is 13.0 Å². The Balaban J connectivity index is 1.89. The topological polar surface area (TPSA) is 12.5 Å². The number of thiol groups is 1. The third-order valence-corrected chi connectivity index (χ3v) is 2.86. The highest BCUT2D eigenvalue weighted by molar-refractivity contribution is 7.80. The molecular formula is C10H21NOS. The van der Waals surface area contributed by atoms with Crippen LogP contribution in [-0.2, 0) is 4.74 Å². The summed E-state index contributed by atoms with van der Waals surface area (Å²) in [6.07, 6.45) is 1.42. The van der Waals surface area contributed by atoms with E-state index >= 15 is 0 Å². The van der Waals surface area contributed by atoms with Gasteiger partial charge >= 0.3 is 0 Å². The molecule has 13 heavy (non-hydrogen) atoms. The van der Waals surface area contributed by atoms with Crippen LogP contribution in [0.15, 0.2) is 0 Å². The third kappa shape index (κ3) is 4.89. The molecule has 0 amide bonds. The molecule has 0 heterocycles. The van der Waals surface area contributed by atoms with Gasteiger partial charge in [-0.15, -0.1) is 0 Å². The van der Waals surface area contributed by atoms with Gasteiger partial charge in [0.15, 0.2) is 0 Å². The molecule has 0 aromatic heterocycles. The summed E-state index contributed by atoms with van der Waals surface area (Å²) in [5, 5.41) is 0. The zero-order valence-electron chi connectivity index (χ0n) is 8.70. The molecule has 0 N–H and O–H groups in total. The van der Waals surface area contributed by atoms with Gasteiger partial charge in [0.1, 0.15) is 0 Å². The first-order valence-electron chi connectivity index (χ1n) is 5.11. The molecule has 1 fully saturated rings. The Labute approximate surface area is 87.0 Å². The van der Waals surface area contributed by atoms with E-state index in [0.717, 1.165) is 37.3 Å². The Bertz CT molecular complexity index is 143. The smallest absolute Gasteiger partial charge is 0.0593 e. The van der Waals surface area contributed by atoms with Crippen LogP contribution >= 0.6 is 12.6 Å². The fourth-order valence-corrected chi connectivity index (χ4v) is 1.66. The zero-order chi connectivity index (χ0) is 9.68. The fourth-order valence-electron chi connectivity index (χ4n) is 1.53. The van der Waals surface area contributed by atoms with E-state index in [1.807, 2.05) is 0 Å². The van der Waals surface area contributed by atoms with Gasteiger partial charge in [0.2, 0.25) is 0 Å². The van der Waals surface area contributed by atoms with Crippen molar-refractivity contribution in [2.24, 2.45) is 11.8 Å². The van der Waals surface area contributed by atoms with Gasteiger partial charge in [0.25, 0.3) is 0 Å². The fraction of sp³-hybridized carbons (Fsp3) is 1.00. The molecule has 2 nitrogen and oxygen atoms in total. The van der Waals surface area contributed by atoms with Crippen LogP contribution in [0.3, 0.4) is 0 Å². The number of nitrogens with zero attached hydrogens (tertiary/aromatic N) is 1. The Hall–Kier alpha value is 0.270. The van der Waals surface area contributed by atoms with E-state index < -0.39 is 0 Å². The second-order valence-electron chi connectivity index (χ2n) is 4.07. The van der Waals surface area contributed by atoms with Crippen LogP contribution in [0.2, 0.25) is 0 Å². The maximum atomic E-state index is 5.36. The molecule has 2 unspecified atom stereocenters. The van der Waals surface area contributed by atoms with Gasteiger partial charge < -0.3 is 9.64 Å². The Morgan fingerprint density at radius 1 is 1.46 bits per heavy atom. The molecule has 1 aliphatic carbocycles. The highest BCUT2D eigenvalue weighted by atomic mass is 32.1. The van der Waals surface area contributed by atoms with Crippen LogP contribution in [-0.4, -0.2) is 44.0 Å². The Morgan fingerprint density at radius 2 is 2.15 bits per heavy atom. The van der Waals surface area contributed by atoms with Gasteiger partial charge in [-0.2, -0.15) is 12.6 Å². The first-order chi connectivity index (χ1) is 6.24. The van der Waals surface area contributed by atoms with Crippen molar-refractivity contribution in [1.29, 1.82) is 0 Å². The van der Waals surface area contributed by atoms with Crippen LogP contribution in [0.5, 0.6) is 0 Å². The summed E-state index contributed by atoms with van der Waals surface area (Å²) in [6.45, 7) is 6.24. The molecule has 78 valence electrons. The molecule has 0 spiro atoms. The molecule has 0 aliphatic heterocycles. The molecule has 1 saturated carbocycles. The van der Waals surface area contributed by atoms with E-state index in [1.54, 1.807) is 0 Å². The molecule has 1 aliphatic rings. The summed E-state index contributed by atoms with van der Waals surface area (Å²) in [6, 6.07) is 0. The molecular weight excluding hydrogens is 182 g/mol. The van der Waals surface area contributed by atoms with Crippen LogP contribution < -0.4 is 0 Å². The number of rotatable bonds is 7. The number of likely N-dealkylation sites (N-methyl/N-ethyl adjacent to an activating group) is 1. The van der Waals surface area contributed by atoms with E-state index in [-0.39, 0.29) is 0 Å². The summed E-state index contributed by atoms with van der Waals surface area (Å²) in [5.74, 6) is 2.74. The lowest BCUT2D eigenvalue weighted by Crippen LogP contribution is -2.26. The van der Waals surface area contributed by atoms with E-state index in [4.69, 9.17) is 4.74 Å². The van der Waals surface area contributed by atoms with Gasteiger partial charge in [0, 0.05) is 18.8 Å². The first-order valence-corrected chi connectivity index (χ1v) is 5.74. The minimum absolute atomic E-state index is 0.775. The first kappa shape index (κ1) is 11.3. The van der Waals surface area contributed by atoms with E-state index in [2.05, 4.69) is 31.5 Å². The molecule has 0 bridgehead atoms. The molecule has 0 radical (unpaired) electrons. The van der Waals surface area contributed by atoms with Gasteiger partial charge in [-0.25, -0.2) is 0 Å². The van der Waals surface area contributed by atoms with Gasteiger partial charge in [0.05, 0.1) is 13.2 Å². The van der Waals surface area contributed by atoms with E-state index in [9.17, 15) is 0 Å². The highest BCUT2D eigenvalue weighted by Crippen LogP contribution is 2.37. The SMILES string of the molecule is CC1CC1CN(C)CCOCCS. The number of hydrogen-bond donors (Lipinski definition) is 1. The molecule has 3 heteroatoms. The van der Waals surface area contributed by atoms with E-state index in [0.29, 0.717) is 0 Å². The number of ether oxygens (including phenoxy) is 1. The Kier molecular flexibility index (Phi) is 5.14. The maximum Gasteiger partial charge on any atom is 0.0593 e. The highest BCUT2D eigenvalue weighted by Gasteiger charge is 2.32. The van der Waals surface area contributed by atoms with Crippen molar-refractivity contribution in [2.45, 2.75) is 13.3 Å². The predicted molar refractivity (Wildman–Crippen MR) is 59.4 cm³/mol. The monoisotopic (exact) mass is 203 g/mol. The third-order valence-electron chi connectivity index (χ3n) is 2.68. The van der Waals surface area contributed by atoms with Gasteiger partial charge in [-0.05, 0) is 25.3 Å². The minimum atomic E-state index is 0.775. The lowest BCUT2D eigenvalue weighted by atomic mass is 10.3. The zero-order valence-corrected chi connectivity index (χ0v) is 9.59. The van der Waals surface area contributed by atoms with Crippen molar-refractivity contribution < 1.29 is 4.74 Å². The van der Waals surface area contributed by atoms with Crippen LogP contribution in [0.1, 0.15) is 13.3 Å². The molecule has 0 saturated heterocycles. The standard InChI is InChI=1S/C10H21NOS/c1-9-7-10(9)8-11(2)3-4-12-5-6-13/h9-10,13H,3-8H2,1-2H3. The van der Waals surface area contributed by atoms with Crippen molar-refractivity contribution in [2.75, 3.05) is 39.1 Å². The lowest BCUT2D eigenvalue weighted by Gasteiger charge is -2.15. The normalized spacial score (nSPS) is 26.8. The quantitative estimate of drug-likeness (QED) is 0.497. The minimum Gasteiger partial charge on any atom is -0.379 e. The molecule has 2 atom stereocenters. The number of hydrogen-bond acceptors (Lipinski definition) is 3. The summed E-state index contributed by atoms with van der Waals surface area (Å²) >= 11 is 4.08. The predicted octanol–water partition coefficient (Wildman–Crippen LogP) is 1.52. The molecule has 0 aromatic rings. The summed E-state index contributed by atoms with van der Waals surface area (Å²) in [7, 11) is 2.18. The van der Waals surface area contributed by atoms with Gasteiger partial charge in [-0.3, -0.25) is 0 Å². The van der Waals surface area contributed by atoms with Crippen molar-refractivity contribution in [1.82, 2.24) is 4.90 Å². The average molecular weight is 203 g/mol. The summed E-state index contributed by atoms with van der Waals surface area (Å²) < 4.78 is 5.36. The average Bonchev–Trinajstić information content (AvgIpc) is 2.76. The lowest BCUT2D eigenvalue weighted by molar-refractivity contribution is 0.122. The maximum absolute atomic E-state index is 5.36. The van der Waals surface area contributed by atoms with Crippen LogP contribution in [0.25, 0.3) is 0 Å².